The summed E-state index contributed by atoms with van der Waals surface area (Å²) in [5, 5.41) is 0. The van der Waals surface area contributed by atoms with Crippen molar-refractivity contribution in [2.24, 2.45) is 0 Å². The quantitative estimate of drug-likeness (QED) is 0.618. The molecule has 0 saturated heterocycles. The summed E-state index contributed by atoms with van der Waals surface area (Å²) in [5.74, 6) is 1.42. The molecule has 2 aliphatic heterocycles. The van der Waals surface area contributed by atoms with Gasteiger partial charge in [0.25, 0.3) is 0 Å². The second-order valence-electron chi connectivity index (χ2n) is 8.37. The molecule has 4 nitrogen and oxygen atoms in total. The molecule has 3 heterocycles. The van der Waals surface area contributed by atoms with Crippen molar-refractivity contribution in [3.05, 3.63) is 54.4 Å². The van der Waals surface area contributed by atoms with Crippen molar-refractivity contribution in [3.8, 4) is 0 Å². The van der Waals surface area contributed by atoms with Crippen LogP contribution in [0.3, 0.4) is 0 Å². The number of aryl methyl sites for hydroxylation is 1. The number of hydrogen-bond donors (Lipinski definition) is 0. The molecule has 0 N–H and O–H groups in total. The number of hydrogen-bond acceptors (Lipinski definition) is 2. The maximum Gasteiger partial charge on any atom is 0.302 e. The average Bonchev–Trinajstić information content (AvgIpc) is 3.08. The van der Waals surface area contributed by atoms with E-state index in [0.29, 0.717) is 12.1 Å². The van der Waals surface area contributed by atoms with Gasteiger partial charge < -0.3 is 9.80 Å². The number of anilines is 2. The SMILES string of the molecule is CC(C)N1c2ccccc2N2CCC[n+]3c(n(C(C)C)c4ccccc43)[C@H]21. The highest BCUT2D eigenvalue weighted by atomic mass is 15.5. The van der Waals surface area contributed by atoms with Gasteiger partial charge in [0.1, 0.15) is 0 Å². The molecule has 5 rings (SSSR count). The van der Waals surface area contributed by atoms with Gasteiger partial charge in [0.2, 0.25) is 6.17 Å². The lowest BCUT2D eigenvalue weighted by molar-refractivity contribution is -0.679. The van der Waals surface area contributed by atoms with Gasteiger partial charge in [0.05, 0.1) is 24.0 Å². The van der Waals surface area contributed by atoms with Crippen LogP contribution < -0.4 is 14.4 Å². The Morgan fingerprint density at radius 3 is 2.33 bits per heavy atom. The van der Waals surface area contributed by atoms with Gasteiger partial charge in [0, 0.05) is 19.0 Å². The topological polar surface area (TPSA) is 15.3 Å². The molecule has 0 amide bonds. The van der Waals surface area contributed by atoms with E-state index < -0.39 is 0 Å². The lowest BCUT2D eigenvalue weighted by Gasteiger charge is -2.32. The van der Waals surface area contributed by atoms with E-state index in [4.69, 9.17) is 0 Å². The number of aromatic nitrogens is 2. The number of benzene rings is 2. The van der Waals surface area contributed by atoms with Crippen LogP contribution in [0.1, 0.15) is 52.1 Å². The van der Waals surface area contributed by atoms with Gasteiger partial charge in [-0.1, -0.05) is 24.3 Å². The second-order valence-corrected chi connectivity index (χ2v) is 8.37. The highest BCUT2D eigenvalue weighted by molar-refractivity contribution is 5.79. The summed E-state index contributed by atoms with van der Waals surface area (Å²) in [6.45, 7) is 11.4. The largest absolute Gasteiger partial charge is 0.339 e. The highest BCUT2D eigenvalue weighted by Gasteiger charge is 2.47. The fourth-order valence-corrected chi connectivity index (χ4v) is 5.12. The maximum absolute atomic E-state index is 2.63. The zero-order valence-electron chi connectivity index (χ0n) is 16.8. The third kappa shape index (κ3) is 2.25. The number of rotatable bonds is 2. The molecule has 0 spiro atoms. The number of imidazole rings is 1. The Balaban J connectivity index is 1.84. The molecule has 3 aromatic rings. The Bertz CT molecular complexity index is 1000. The standard InChI is InChI=1S/C23H29N4/c1-16(2)26-20-12-7-5-10-18(20)24-14-9-15-25-19-11-6-8-13-21(19)27(17(3)4)23(25)22(24)26/h5-8,10-13,16-17,22H,9,14-15H2,1-4H3/q+1/t22-/m1/s1. The van der Waals surface area contributed by atoms with Crippen LogP contribution >= 0.6 is 0 Å². The molecule has 0 aliphatic carbocycles. The number of nitrogens with zero attached hydrogens (tertiary/aromatic N) is 4. The summed E-state index contributed by atoms with van der Waals surface area (Å²) < 4.78 is 5.15. The van der Waals surface area contributed by atoms with E-state index in [1.165, 1.54) is 34.7 Å². The first kappa shape index (κ1) is 16.7. The Hall–Kier alpha value is -2.49. The van der Waals surface area contributed by atoms with Crippen LogP contribution in [-0.2, 0) is 6.54 Å². The van der Waals surface area contributed by atoms with Crippen molar-refractivity contribution in [2.75, 3.05) is 16.3 Å². The maximum atomic E-state index is 2.63. The molecule has 2 aliphatic rings. The van der Waals surface area contributed by atoms with Crippen LogP contribution in [0.5, 0.6) is 0 Å². The monoisotopic (exact) mass is 361 g/mol. The molecule has 1 aromatic heterocycles. The van der Waals surface area contributed by atoms with E-state index >= 15 is 0 Å². The van der Waals surface area contributed by atoms with Crippen molar-refractivity contribution in [1.82, 2.24) is 4.57 Å². The Morgan fingerprint density at radius 2 is 1.59 bits per heavy atom. The van der Waals surface area contributed by atoms with E-state index in [1.807, 2.05) is 0 Å². The van der Waals surface area contributed by atoms with Crippen LogP contribution in [0, 0.1) is 0 Å². The van der Waals surface area contributed by atoms with Gasteiger partial charge in [-0.05, 0) is 52.0 Å². The van der Waals surface area contributed by atoms with Crippen LogP contribution in [-0.4, -0.2) is 17.2 Å². The Kier molecular flexibility index (Phi) is 3.71. The summed E-state index contributed by atoms with van der Waals surface area (Å²) in [5.41, 5.74) is 5.46. The fourth-order valence-electron chi connectivity index (χ4n) is 5.12. The molecule has 27 heavy (non-hydrogen) atoms. The first-order valence-electron chi connectivity index (χ1n) is 10.3. The molecule has 2 aromatic carbocycles. The van der Waals surface area contributed by atoms with Gasteiger partial charge in [-0.15, -0.1) is 0 Å². The van der Waals surface area contributed by atoms with Crippen molar-refractivity contribution in [1.29, 1.82) is 0 Å². The highest BCUT2D eigenvalue weighted by Crippen LogP contribution is 2.48. The number of fused-ring (bicyclic) bond motifs is 7. The first-order valence-corrected chi connectivity index (χ1v) is 10.3. The van der Waals surface area contributed by atoms with Crippen LogP contribution in [0.25, 0.3) is 11.0 Å². The summed E-state index contributed by atoms with van der Waals surface area (Å²) in [4.78, 5) is 5.25. The van der Waals surface area contributed by atoms with E-state index in [1.54, 1.807) is 0 Å². The molecule has 0 unspecified atom stereocenters. The second kappa shape index (κ2) is 6.01. The summed E-state index contributed by atoms with van der Waals surface area (Å²) in [6, 6.07) is 18.7. The predicted octanol–water partition coefficient (Wildman–Crippen LogP) is 4.65. The fraction of sp³-hybridized carbons (Fsp3) is 0.435. The minimum atomic E-state index is 0.250. The minimum absolute atomic E-state index is 0.250. The third-order valence-electron chi connectivity index (χ3n) is 6.07. The summed E-state index contributed by atoms with van der Waals surface area (Å²) in [7, 11) is 0. The van der Waals surface area contributed by atoms with Gasteiger partial charge >= 0.3 is 5.82 Å². The Morgan fingerprint density at radius 1 is 0.889 bits per heavy atom. The van der Waals surface area contributed by atoms with E-state index in [0.717, 1.165) is 13.1 Å². The average molecular weight is 362 g/mol. The first-order chi connectivity index (χ1) is 13.1. The smallest absolute Gasteiger partial charge is 0.302 e. The molecule has 0 saturated carbocycles. The zero-order chi connectivity index (χ0) is 18.7. The molecule has 1 atom stereocenters. The van der Waals surface area contributed by atoms with Crippen LogP contribution in [0.4, 0.5) is 11.4 Å². The lowest BCUT2D eigenvalue weighted by Crippen LogP contribution is -2.46. The zero-order valence-corrected chi connectivity index (χ0v) is 16.8. The van der Waals surface area contributed by atoms with Crippen molar-refractivity contribution >= 4 is 22.4 Å². The molecule has 0 fully saturated rings. The molecule has 0 radical (unpaired) electrons. The van der Waals surface area contributed by atoms with Crippen molar-refractivity contribution in [3.63, 3.8) is 0 Å². The van der Waals surface area contributed by atoms with Gasteiger partial charge in [-0.3, -0.25) is 0 Å². The van der Waals surface area contributed by atoms with Crippen LogP contribution in [0.2, 0.25) is 0 Å². The molecule has 0 bridgehead atoms. The van der Waals surface area contributed by atoms with Gasteiger partial charge in [0.15, 0.2) is 11.0 Å². The van der Waals surface area contributed by atoms with E-state index in [-0.39, 0.29) is 6.17 Å². The van der Waals surface area contributed by atoms with Crippen LogP contribution in [0.15, 0.2) is 48.5 Å². The number of para-hydroxylation sites is 4. The minimum Gasteiger partial charge on any atom is -0.339 e. The van der Waals surface area contributed by atoms with Crippen molar-refractivity contribution < 1.29 is 4.57 Å². The molecular formula is C23H29N4+. The van der Waals surface area contributed by atoms with Crippen molar-refractivity contribution in [2.45, 2.75) is 58.9 Å². The van der Waals surface area contributed by atoms with E-state index in [2.05, 4.69) is 95.2 Å². The van der Waals surface area contributed by atoms with Gasteiger partial charge in [-0.2, -0.15) is 0 Å². The predicted molar refractivity (Wildman–Crippen MR) is 111 cm³/mol. The molecule has 140 valence electrons. The lowest BCUT2D eigenvalue weighted by atomic mass is 10.2. The summed E-state index contributed by atoms with van der Waals surface area (Å²) >= 11 is 0. The summed E-state index contributed by atoms with van der Waals surface area (Å²) in [6.07, 6.45) is 1.42. The Labute approximate surface area is 161 Å². The van der Waals surface area contributed by atoms with Gasteiger partial charge in [-0.25, -0.2) is 9.13 Å². The molecular weight excluding hydrogens is 332 g/mol. The molecule has 4 heteroatoms. The third-order valence-corrected chi connectivity index (χ3v) is 6.07. The normalized spacial score (nSPS) is 18.8. The van der Waals surface area contributed by atoms with E-state index in [9.17, 15) is 0 Å².